The molecule has 0 aliphatic rings. The van der Waals surface area contributed by atoms with Crippen molar-refractivity contribution in [2.24, 2.45) is 0 Å². The van der Waals surface area contributed by atoms with Gasteiger partial charge in [-0.25, -0.2) is 4.98 Å². The Balaban J connectivity index is 2.06. The van der Waals surface area contributed by atoms with E-state index >= 15 is 0 Å². The van der Waals surface area contributed by atoms with Crippen LogP contribution in [-0.4, -0.2) is 46.3 Å². The molecule has 2 aromatic carbocycles. The Morgan fingerprint density at radius 3 is 2.43 bits per heavy atom. The normalized spacial score (nSPS) is 10.8. The molecule has 0 radical (unpaired) electrons. The average Bonchev–Trinajstić information content (AvgIpc) is 2.73. The van der Waals surface area contributed by atoms with Gasteiger partial charge < -0.3 is 9.64 Å². The highest BCUT2D eigenvalue weighted by atomic mass is 32.2. The Kier molecular flexibility index (Phi) is 6.36. The lowest BCUT2D eigenvalue weighted by Crippen LogP contribution is -2.32. The van der Waals surface area contributed by atoms with Crippen LogP contribution in [0, 0.1) is 0 Å². The summed E-state index contributed by atoms with van der Waals surface area (Å²) >= 11 is 1.28. The molecule has 3 rings (SSSR count). The first kappa shape index (κ1) is 19.9. The highest BCUT2D eigenvalue weighted by Gasteiger charge is 2.16. The molecule has 0 saturated carbocycles. The second-order valence-electron chi connectivity index (χ2n) is 6.10. The fraction of sp³-hybridized carbons (Fsp3) is 0.286. The molecule has 1 aromatic heterocycles. The zero-order valence-electron chi connectivity index (χ0n) is 16.2. The van der Waals surface area contributed by atoms with Gasteiger partial charge in [0.1, 0.15) is 5.75 Å². The van der Waals surface area contributed by atoms with Crippen LogP contribution in [0.25, 0.3) is 16.6 Å². The van der Waals surface area contributed by atoms with Crippen molar-refractivity contribution in [3.63, 3.8) is 0 Å². The van der Waals surface area contributed by atoms with Crippen LogP contribution in [0.4, 0.5) is 0 Å². The van der Waals surface area contributed by atoms with E-state index in [4.69, 9.17) is 4.74 Å². The van der Waals surface area contributed by atoms with Crippen molar-refractivity contribution in [1.82, 2.24) is 14.5 Å². The first-order chi connectivity index (χ1) is 13.6. The Bertz CT molecular complexity index is 1030. The van der Waals surface area contributed by atoms with Crippen LogP contribution in [0.5, 0.6) is 5.75 Å². The van der Waals surface area contributed by atoms with Gasteiger partial charge >= 0.3 is 0 Å². The SMILES string of the molecule is CCN(CC)C(=O)CSc1nc2ccccc2c(=O)n1-c1ccc(OC)cc1. The lowest BCUT2D eigenvalue weighted by molar-refractivity contribution is -0.127. The molecule has 0 saturated heterocycles. The van der Waals surface area contributed by atoms with Crippen molar-refractivity contribution >= 4 is 28.6 Å². The number of carbonyl (C=O) groups is 1. The number of aromatic nitrogens is 2. The van der Waals surface area contributed by atoms with E-state index < -0.39 is 0 Å². The minimum atomic E-state index is -0.159. The third kappa shape index (κ3) is 4.04. The number of rotatable bonds is 7. The fourth-order valence-corrected chi connectivity index (χ4v) is 3.88. The average molecular weight is 398 g/mol. The van der Waals surface area contributed by atoms with Crippen LogP contribution in [0.3, 0.4) is 0 Å². The lowest BCUT2D eigenvalue weighted by atomic mass is 10.2. The highest BCUT2D eigenvalue weighted by molar-refractivity contribution is 7.99. The monoisotopic (exact) mass is 397 g/mol. The van der Waals surface area contributed by atoms with Gasteiger partial charge in [-0.15, -0.1) is 0 Å². The molecule has 0 N–H and O–H groups in total. The summed E-state index contributed by atoms with van der Waals surface area (Å²) in [5.74, 6) is 0.956. The highest BCUT2D eigenvalue weighted by Crippen LogP contribution is 2.23. The number of hydrogen-bond acceptors (Lipinski definition) is 5. The fourth-order valence-electron chi connectivity index (χ4n) is 2.96. The molecular weight excluding hydrogens is 374 g/mol. The van der Waals surface area contributed by atoms with Crippen LogP contribution in [0.15, 0.2) is 58.5 Å². The van der Waals surface area contributed by atoms with Crippen LogP contribution in [-0.2, 0) is 4.79 Å². The third-order valence-corrected chi connectivity index (χ3v) is 5.44. The van der Waals surface area contributed by atoms with E-state index in [0.29, 0.717) is 40.6 Å². The predicted molar refractivity (Wildman–Crippen MR) is 113 cm³/mol. The van der Waals surface area contributed by atoms with E-state index in [1.165, 1.54) is 11.8 Å². The van der Waals surface area contributed by atoms with Crippen LogP contribution in [0.1, 0.15) is 13.8 Å². The topological polar surface area (TPSA) is 64.4 Å². The Hall–Kier alpha value is -2.80. The molecule has 0 spiro atoms. The van der Waals surface area contributed by atoms with Gasteiger partial charge in [0.05, 0.1) is 29.5 Å². The number of methoxy groups -OCH3 is 1. The van der Waals surface area contributed by atoms with Crippen molar-refractivity contribution in [2.75, 3.05) is 26.0 Å². The molecule has 146 valence electrons. The maximum atomic E-state index is 13.2. The van der Waals surface area contributed by atoms with E-state index in [1.54, 1.807) is 34.8 Å². The summed E-state index contributed by atoms with van der Waals surface area (Å²) in [5, 5.41) is 1.03. The second kappa shape index (κ2) is 8.93. The molecule has 0 fully saturated rings. The first-order valence-electron chi connectivity index (χ1n) is 9.15. The van der Waals surface area contributed by atoms with Gasteiger partial charge in [0.2, 0.25) is 5.91 Å². The molecule has 3 aromatic rings. The Labute approximate surface area is 168 Å². The van der Waals surface area contributed by atoms with Crippen molar-refractivity contribution in [1.29, 1.82) is 0 Å². The maximum Gasteiger partial charge on any atom is 0.266 e. The zero-order chi connectivity index (χ0) is 20.1. The number of hydrogen-bond donors (Lipinski definition) is 0. The number of thioether (sulfide) groups is 1. The third-order valence-electron chi connectivity index (χ3n) is 4.52. The van der Waals surface area contributed by atoms with Crippen LogP contribution >= 0.6 is 11.8 Å². The lowest BCUT2D eigenvalue weighted by Gasteiger charge is -2.19. The van der Waals surface area contributed by atoms with Crippen molar-refractivity contribution in [3.05, 3.63) is 58.9 Å². The summed E-state index contributed by atoms with van der Waals surface area (Å²) in [7, 11) is 1.60. The smallest absolute Gasteiger partial charge is 0.266 e. The molecule has 1 heterocycles. The van der Waals surface area contributed by atoms with Gasteiger partial charge in [-0.3, -0.25) is 14.2 Å². The molecule has 28 heavy (non-hydrogen) atoms. The van der Waals surface area contributed by atoms with Gasteiger partial charge in [0.25, 0.3) is 5.56 Å². The summed E-state index contributed by atoms with van der Waals surface area (Å²) in [5.41, 5.74) is 1.14. The number of benzene rings is 2. The molecular formula is C21H23N3O3S. The summed E-state index contributed by atoms with van der Waals surface area (Å²) in [6.45, 7) is 5.22. The van der Waals surface area contributed by atoms with Gasteiger partial charge in [-0.2, -0.15) is 0 Å². The molecule has 0 aliphatic carbocycles. The van der Waals surface area contributed by atoms with E-state index in [0.717, 1.165) is 0 Å². The van der Waals surface area contributed by atoms with Crippen LogP contribution < -0.4 is 10.3 Å². The van der Waals surface area contributed by atoms with Crippen molar-refractivity contribution in [3.8, 4) is 11.4 Å². The van der Waals surface area contributed by atoms with E-state index in [9.17, 15) is 9.59 Å². The zero-order valence-corrected chi connectivity index (χ0v) is 17.0. The predicted octanol–water partition coefficient (Wildman–Crippen LogP) is 3.35. The molecule has 0 bridgehead atoms. The first-order valence-corrected chi connectivity index (χ1v) is 10.1. The van der Waals surface area contributed by atoms with Crippen LogP contribution in [0.2, 0.25) is 0 Å². The summed E-state index contributed by atoms with van der Waals surface area (Å²) < 4.78 is 6.76. The minimum absolute atomic E-state index is 0.0266. The summed E-state index contributed by atoms with van der Waals surface area (Å²) in [6.07, 6.45) is 0. The number of carbonyl (C=O) groups excluding carboxylic acids is 1. The van der Waals surface area contributed by atoms with Gasteiger partial charge in [-0.05, 0) is 50.2 Å². The Morgan fingerprint density at radius 1 is 1.11 bits per heavy atom. The van der Waals surface area contributed by atoms with Gasteiger partial charge in [-0.1, -0.05) is 23.9 Å². The van der Waals surface area contributed by atoms with Gasteiger partial charge in [0, 0.05) is 13.1 Å². The summed E-state index contributed by atoms with van der Waals surface area (Å²) in [4.78, 5) is 32.0. The minimum Gasteiger partial charge on any atom is -0.497 e. The molecule has 7 heteroatoms. The maximum absolute atomic E-state index is 13.2. The molecule has 0 aliphatic heterocycles. The quantitative estimate of drug-likeness (QED) is 0.452. The Morgan fingerprint density at radius 2 is 1.79 bits per heavy atom. The number of para-hydroxylation sites is 1. The van der Waals surface area contributed by atoms with Crippen molar-refractivity contribution in [2.45, 2.75) is 19.0 Å². The number of nitrogens with zero attached hydrogens (tertiary/aromatic N) is 3. The molecule has 6 nitrogen and oxygen atoms in total. The van der Waals surface area contributed by atoms with Gasteiger partial charge in [0.15, 0.2) is 5.16 Å². The van der Waals surface area contributed by atoms with E-state index in [1.807, 2.05) is 44.2 Å². The number of fused-ring (bicyclic) bond motifs is 1. The molecule has 1 amide bonds. The van der Waals surface area contributed by atoms with Crippen molar-refractivity contribution < 1.29 is 9.53 Å². The standard InChI is InChI=1S/C21H23N3O3S/c1-4-23(5-2)19(25)14-28-21-22-18-9-7-6-8-17(18)20(26)24(21)15-10-12-16(27-3)13-11-15/h6-13H,4-5,14H2,1-3H3. The number of ether oxygens (including phenoxy) is 1. The largest absolute Gasteiger partial charge is 0.497 e. The second-order valence-corrected chi connectivity index (χ2v) is 7.05. The molecule has 0 unspecified atom stereocenters. The van der Waals surface area contributed by atoms with E-state index in [2.05, 4.69) is 4.98 Å². The van der Waals surface area contributed by atoms with E-state index in [-0.39, 0.29) is 17.2 Å². The number of amides is 1. The summed E-state index contributed by atoms with van der Waals surface area (Å²) in [6, 6.07) is 14.5. The molecule has 0 atom stereocenters.